The summed E-state index contributed by atoms with van der Waals surface area (Å²) in [5.74, 6) is -1.33. The van der Waals surface area contributed by atoms with Gasteiger partial charge in [0, 0.05) is 12.1 Å². The maximum atomic E-state index is 12.1. The fourth-order valence-corrected chi connectivity index (χ4v) is 2.23. The van der Waals surface area contributed by atoms with Gasteiger partial charge in [-0.2, -0.15) is 0 Å². The van der Waals surface area contributed by atoms with E-state index in [1.165, 1.54) is 0 Å². The highest BCUT2D eigenvalue weighted by Crippen LogP contribution is 2.22. The number of hydrogen-bond acceptors (Lipinski definition) is 4. The molecule has 0 fully saturated rings. The molecule has 0 bridgehead atoms. The Morgan fingerprint density at radius 3 is 2.23 bits per heavy atom. The lowest BCUT2D eigenvalue weighted by Gasteiger charge is -2.19. The number of amides is 2. The average Bonchev–Trinajstić information content (AvgIpc) is 2.61. The predicted octanol–water partition coefficient (Wildman–Crippen LogP) is 2.56. The summed E-state index contributed by atoms with van der Waals surface area (Å²) >= 11 is 0. The summed E-state index contributed by atoms with van der Waals surface area (Å²) < 4.78 is 4.85. The van der Waals surface area contributed by atoms with E-state index in [1.54, 1.807) is 12.1 Å². The van der Waals surface area contributed by atoms with Crippen LogP contribution >= 0.6 is 0 Å². The Bertz CT molecular complexity index is 603. The van der Waals surface area contributed by atoms with Crippen molar-refractivity contribution in [3.8, 4) is 0 Å². The van der Waals surface area contributed by atoms with E-state index in [4.69, 9.17) is 4.74 Å². The molecule has 6 heteroatoms. The maximum Gasteiger partial charge on any atom is 0.325 e. The molecule has 0 saturated heterocycles. The van der Waals surface area contributed by atoms with Crippen LogP contribution in [-0.4, -0.2) is 37.5 Å². The number of esters is 1. The summed E-state index contributed by atoms with van der Waals surface area (Å²) in [6.45, 7) is 8.33. The lowest BCUT2D eigenvalue weighted by molar-refractivity contribution is -0.147. The van der Waals surface area contributed by atoms with Crippen LogP contribution in [0.1, 0.15) is 62.9 Å². The van der Waals surface area contributed by atoms with Crippen LogP contribution < -0.4 is 10.6 Å². The summed E-state index contributed by atoms with van der Waals surface area (Å²) in [5, 5.41) is 5.17. The lowest BCUT2D eigenvalue weighted by atomic mass is 9.87. The number of hydrogen-bond donors (Lipinski definition) is 2. The average molecular weight is 362 g/mol. The summed E-state index contributed by atoms with van der Waals surface area (Å²) in [5.41, 5.74) is 1.61. The third-order valence-corrected chi connectivity index (χ3v) is 3.87. The second-order valence-corrected chi connectivity index (χ2v) is 7.23. The third kappa shape index (κ3) is 8.14. The fraction of sp³-hybridized carbons (Fsp3) is 0.550. The zero-order valence-corrected chi connectivity index (χ0v) is 16.2. The molecule has 0 aromatic heterocycles. The van der Waals surface area contributed by atoms with Crippen LogP contribution in [0, 0.1) is 0 Å². The summed E-state index contributed by atoms with van der Waals surface area (Å²) in [7, 11) is 0. The second kappa shape index (κ2) is 10.6. The molecule has 26 heavy (non-hydrogen) atoms. The Morgan fingerprint density at radius 2 is 1.65 bits per heavy atom. The monoisotopic (exact) mass is 362 g/mol. The van der Waals surface area contributed by atoms with Gasteiger partial charge in [0.25, 0.3) is 11.8 Å². The van der Waals surface area contributed by atoms with Crippen LogP contribution in [0.2, 0.25) is 0 Å². The van der Waals surface area contributed by atoms with E-state index in [1.807, 2.05) is 12.1 Å². The molecule has 0 atom stereocenters. The molecule has 1 aromatic carbocycles. The van der Waals surface area contributed by atoms with Crippen molar-refractivity contribution in [2.45, 2.75) is 52.4 Å². The van der Waals surface area contributed by atoms with E-state index in [0.717, 1.165) is 24.8 Å². The number of benzene rings is 1. The highest BCUT2D eigenvalue weighted by molar-refractivity contribution is 5.96. The zero-order valence-electron chi connectivity index (χ0n) is 16.2. The van der Waals surface area contributed by atoms with Gasteiger partial charge in [0.2, 0.25) is 0 Å². The van der Waals surface area contributed by atoms with E-state index in [9.17, 15) is 14.4 Å². The van der Waals surface area contributed by atoms with Crippen LogP contribution in [0.5, 0.6) is 0 Å². The Hall–Kier alpha value is -2.37. The third-order valence-electron chi connectivity index (χ3n) is 3.87. The predicted molar refractivity (Wildman–Crippen MR) is 101 cm³/mol. The minimum absolute atomic E-state index is 0.00985. The summed E-state index contributed by atoms with van der Waals surface area (Å²) in [6.07, 6.45) is 3.02. The van der Waals surface area contributed by atoms with Crippen molar-refractivity contribution < 1.29 is 19.1 Å². The van der Waals surface area contributed by atoms with Crippen molar-refractivity contribution >= 4 is 17.8 Å². The van der Waals surface area contributed by atoms with Gasteiger partial charge in [-0.1, -0.05) is 52.7 Å². The van der Waals surface area contributed by atoms with E-state index < -0.39 is 5.97 Å². The molecule has 0 aliphatic carbocycles. The van der Waals surface area contributed by atoms with Crippen LogP contribution in [0.3, 0.4) is 0 Å². The first kappa shape index (κ1) is 21.7. The molecule has 0 spiro atoms. The lowest BCUT2D eigenvalue weighted by Crippen LogP contribution is -2.34. The highest BCUT2D eigenvalue weighted by Gasteiger charge is 2.15. The number of ether oxygens (including phenoxy) is 1. The maximum absolute atomic E-state index is 12.1. The smallest absolute Gasteiger partial charge is 0.325 e. The normalized spacial score (nSPS) is 10.9. The quantitative estimate of drug-likeness (QED) is 0.522. The van der Waals surface area contributed by atoms with Gasteiger partial charge >= 0.3 is 5.97 Å². The summed E-state index contributed by atoms with van der Waals surface area (Å²) in [4.78, 5) is 35.2. The van der Waals surface area contributed by atoms with E-state index in [0.29, 0.717) is 12.1 Å². The molecule has 2 amide bonds. The van der Waals surface area contributed by atoms with Crippen LogP contribution in [0.4, 0.5) is 0 Å². The molecule has 0 heterocycles. The largest absolute Gasteiger partial charge is 0.454 e. The highest BCUT2D eigenvalue weighted by atomic mass is 16.5. The minimum Gasteiger partial charge on any atom is -0.454 e. The van der Waals surface area contributed by atoms with Gasteiger partial charge in [-0.15, -0.1) is 0 Å². The molecule has 0 radical (unpaired) electrons. The van der Waals surface area contributed by atoms with E-state index >= 15 is 0 Å². The fourth-order valence-electron chi connectivity index (χ4n) is 2.23. The minimum atomic E-state index is -0.645. The van der Waals surface area contributed by atoms with Crippen LogP contribution in [0.15, 0.2) is 24.3 Å². The number of nitrogens with one attached hydrogen (secondary N) is 2. The van der Waals surface area contributed by atoms with Crippen molar-refractivity contribution in [3.05, 3.63) is 35.4 Å². The molecule has 0 unspecified atom stereocenters. The Balaban J connectivity index is 2.31. The summed E-state index contributed by atoms with van der Waals surface area (Å²) in [6, 6.07) is 7.25. The zero-order chi connectivity index (χ0) is 19.6. The number of unbranched alkanes of at least 4 members (excludes halogenated alkanes) is 2. The Labute approximate surface area is 155 Å². The van der Waals surface area contributed by atoms with Gasteiger partial charge < -0.3 is 15.4 Å². The number of carbonyl (C=O) groups excluding carboxylic acids is 3. The van der Waals surface area contributed by atoms with Crippen LogP contribution in [-0.2, 0) is 19.7 Å². The molecule has 1 rings (SSSR count). The molecular formula is C20H30N2O4. The first-order chi connectivity index (χ1) is 12.2. The van der Waals surface area contributed by atoms with Gasteiger partial charge in [0.1, 0.15) is 6.54 Å². The molecule has 0 aliphatic heterocycles. The molecular weight excluding hydrogens is 332 g/mol. The van der Waals surface area contributed by atoms with Gasteiger partial charge in [-0.3, -0.25) is 14.4 Å². The van der Waals surface area contributed by atoms with Crippen molar-refractivity contribution in [1.82, 2.24) is 10.6 Å². The first-order valence-electron chi connectivity index (χ1n) is 9.05. The van der Waals surface area contributed by atoms with Crippen molar-refractivity contribution in [2.24, 2.45) is 0 Å². The van der Waals surface area contributed by atoms with Crippen LogP contribution in [0.25, 0.3) is 0 Å². The van der Waals surface area contributed by atoms with Crippen molar-refractivity contribution in [1.29, 1.82) is 0 Å². The van der Waals surface area contributed by atoms with Crippen molar-refractivity contribution in [3.63, 3.8) is 0 Å². The second-order valence-electron chi connectivity index (χ2n) is 7.23. The molecule has 0 aliphatic rings. The standard InChI is InChI=1S/C20H30N2O4/c1-5-6-7-12-21-17(23)14-26-18(24)13-22-19(25)15-8-10-16(11-9-15)20(2,3)4/h8-11H,5-7,12-14H2,1-4H3,(H,21,23)(H,22,25). The number of rotatable bonds is 9. The SMILES string of the molecule is CCCCCNC(=O)COC(=O)CNC(=O)c1ccc(C(C)(C)C)cc1. The van der Waals surface area contributed by atoms with Crippen molar-refractivity contribution in [2.75, 3.05) is 19.7 Å². The van der Waals surface area contributed by atoms with Gasteiger partial charge in [0.15, 0.2) is 6.61 Å². The van der Waals surface area contributed by atoms with E-state index in [2.05, 4.69) is 38.3 Å². The Morgan fingerprint density at radius 1 is 1.00 bits per heavy atom. The van der Waals surface area contributed by atoms with Gasteiger partial charge in [-0.25, -0.2) is 0 Å². The molecule has 144 valence electrons. The molecule has 6 nitrogen and oxygen atoms in total. The molecule has 0 saturated carbocycles. The van der Waals surface area contributed by atoms with Gasteiger partial charge in [-0.05, 0) is 29.5 Å². The molecule has 1 aromatic rings. The number of carbonyl (C=O) groups is 3. The Kier molecular flexibility index (Phi) is 8.82. The topological polar surface area (TPSA) is 84.5 Å². The molecule has 2 N–H and O–H groups in total. The van der Waals surface area contributed by atoms with E-state index in [-0.39, 0.29) is 30.4 Å². The first-order valence-corrected chi connectivity index (χ1v) is 9.05. The van der Waals surface area contributed by atoms with Gasteiger partial charge in [0.05, 0.1) is 0 Å².